The Hall–Kier alpha value is -1.04. The smallest absolute Gasteiger partial charge is 0.334 e. The maximum Gasteiger partial charge on any atom is 0.341 e. The van der Waals surface area contributed by atoms with Gasteiger partial charge in [-0.3, -0.25) is 4.79 Å². The lowest BCUT2D eigenvalue weighted by Gasteiger charge is -2.14. The summed E-state index contributed by atoms with van der Waals surface area (Å²) in [4.78, 5) is 12.0. The SMILES string of the molecule is CSc1n[n+](C)c(C(C)(C)C)c(=O)n1N. The Morgan fingerprint density at radius 2 is 2.00 bits per heavy atom. The summed E-state index contributed by atoms with van der Waals surface area (Å²) in [6.07, 6.45) is 1.84. The molecule has 0 amide bonds. The number of aromatic nitrogens is 3. The van der Waals surface area contributed by atoms with Crippen LogP contribution in [-0.2, 0) is 12.5 Å². The molecule has 0 aromatic carbocycles. The van der Waals surface area contributed by atoms with Crippen LogP contribution in [0.4, 0.5) is 0 Å². The second-order valence-corrected chi connectivity index (χ2v) is 5.16. The summed E-state index contributed by atoms with van der Waals surface area (Å²) in [5.41, 5.74) is 0.142. The summed E-state index contributed by atoms with van der Waals surface area (Å²) < 4.78 is 2.71. The van der Waals surface area contributed by atoms with E-state index < -0.39 is 0 Å². The van der Waals surface area contributed by atoms with Crippen LogP contribution in [0.3, 0.4) is 0 Å². The van der Waals surface area contributed by atoms with Gasteiger partial charge in [0.1, 0.15) is 0 Å². The molecule has 0 saturated carbocycles. The highest BCUT2D eigenvalue weighted by Gasteiger charge is 2.31. The van der Waals surface area contributed by atoms with Crippen LogP contribution in [-0.4, -0.2) is 16.0 Å². The molecule has 6 heteroatoms. The van der Waals surface area contributed by atoms with E-state index in [2.05, 4.69) is 5.10 Å². The fourth-order valence-electron chi connectivity index (χ4n) is 1.51. The largest absolute Gasteiger partial charge is 0.341 e. The molecule has 1 aromatic heterocycles. The molecule has 0 fully saturated rings. The van der Waals surface area contributed by atoms with Crippen molar-refractivity contribution in [1.82, 2.24) is 9.77 Å². The van der Waals surface area contributed by atoms with Crippen molar-refractivity contribution in [2.45, 2.75) is 31.3 Å². The minimum atomic E-state index is -0.267. The minimum absolute atomic E-state index is 0.190. The molecule has 0 saturated heterocycles. The second kappa shape index (κ2) is 3.84. The third-order valence-corrected chi connectivity index (χ3v) is 2.72. The third-order valence-electron chi connectivity index (χ3n) is 2.08. The molecule has 1 rings (SSSR count). The third kappa shape index (κ3) is 2.14. The van der Waals surface area contributed by atoms with Crippen LogP contribution in [0.25, 0.3) is 0 Å². The predicted molar refractivity (Wildman–Crippen MR) is 60.3 cm³/mol. The van der Waals surface area contributed by atoms with E-state index in [0.29, 0.717) is 10.9 Å². The normalized spacial score (nSPS) is 11.8. The molecule has 0 spiro atoms. The minimum Gasteiger partial charge on any atom is -0.334 e. The van der Waals surface area contributed by atoms with E-state index in [1.54, 1.807) is 11.7 Å². The Morgan fingerprint density at radius 1 is 1.47 bits per heavy atom. The van der Waals surface area contributed by atoms with Crippen LogP contribution < -0.4 is 16.1 Å². The van der Waals surface area contributed by atoms with Gasteiger partial charge in [-0.05, 0) is 27.0 Å². The highest BCUT2D eigenvalue weighted by molar-refractivity contribution is 7.98. The van der Waals surface area contributed by atoms with Crippen molar-refractivity contribution in [3.8, 4) is 0 Å². The summed E-state index contributed by atoms with van der Waals surface area (Å²) in [5.74, 6) is 5.67. The van der Waals surface area contributed by atoms with E-state index in [9.17, 15) is 4.79 Å². The highest BCUT2D eigenvalue weighted by Crippen LogP contribution is 2.15. The molecule has 15 heavy (non-hydrogen) atoms. The number of rotatable bonds is 1. The molecule has 0 radical (unpaired) electrons. The summed E-state index contributed by atoms with van der Waals surface area (Å²) in [6.45, 7) is 5.89. The van der Waals surface area contributed by atoms with Crippen molar-refractivity contribution in [2.24, 2.45) is 7.05 Å². The van der Waals surface area contributed by atoms with E-state index in [-0.39, 0.29) is 11.0 Å². The van der Waals surface area contributed by atoms with Crippen LogP contribution in [0.5, 0.6) is 0 Å². The molecule has 0 bridgehead atoms. The quantitative estimate of drug-likeness (QED) is 0.411. The van der Waals surface area contributed by atoms with Gasteiger partial charge in [0, 0.05) is 5.10 Å². The van der Waals surface area contributed by atoms with Gasteiger partial charge < -0.3 is 5.84 Å². The van der Waals surface area contributed by atoms with Crippen molar-refractivity contribution in [3.05, 3.63) is 16.0 Å². The zero-order valence-corrected chi connectivity index (χ0v) is 10.6. The van der Waals surface area contributed by atoms with E-state index in [4.69, 9.17) is 5.84 Å². The van der Waals surface area contributed by atoms with Gasteiger partial charge in [-0.1, -0.05) is 16.4 Å². The van der Waals surface area contributed by atoms with Crippen LogP contribution in [0.1, 0.15) is 26.5 Å². The highest BCUT2D eigenvalue weighted by atomic mass is 32.2. The molecule has 0 aliphatic rings. The maximum absolute atomic E-state index is 12.0. The summed E-state index contributed by atoms with van der Waals surface area (Å²) >= 11 is 1.35. The monoisotopic (exact) mass is 229 g/mol. The van der Waals surface area contributed by atoms with Crippen molar-refractivity contribution >= 4 is 11.8 Å². The van der Waals surface area contributed by atoms with Crippen molar-refractivity contribution in [2.75, 3.05) is 12.1 Å². The standard InChI is InChI=1S/C9H16N4OS/c1-9(2,3)6-7(14)13(10)8(15-5)11-12(6)4/h10H,1-5H3/p+1. The molecule has 1 aromatic rings. The molecule has 5 nitrogen and oxygen atoms in total. The van der Waals surface area contributed by atoms with Crippen LogP contribution in [0, 0.1) is 0 Å². The fourth-order valence-corrected chi connectivity index (χ4v) is 1.99. The number of nitrogens with zero attached hydrogens (tertiary/aromatic N) is 3. The lowest BCUT2D eigenvalue weighted by molar-refractivity contribution is -0.745. The Morgan fingerprint density at radius 3 is 2.40 bits per heavy atom. The first kappa shape index (κ1) is 12.0. The fraction of sp³-hybridized carbons (Fsp3) is 0.667. The first-order chi connectivity index (χ1) is 6.79. The van der Waals surface area contributed by atoms with Crippen molar-refractivity contribution < 1.29 is 4.68 Å². The van der Waals surface area contributed by atoms with E-state index in [0.717, 1.165) is 4.68 Å². The molecule has 0 atom stereocenters. The molecule has 1 heterocycles. The first-order valence-electron chi connectivity index (χ1n) is 4.62. The molecule has 84 valence electrons. The van der Waals surface area contributed by atoms with Gasteiger partial charge in [0.05, 0.1) is 5.41 Å². The number of nitrogen functional groups attached to an aromatic ring is 1. The summed E-state index contributed by atoms with van der Waals surface area (Å²) in [7, 11) is 1.77. The first-order valence-corrected chi connectivity index (χ1v) is 5.84. The topological polar surface area (TPSA) is 64.8 Å². The van der Waals surface area contributed by atoms with Gasteiger partial charge >= 0.3 is 5.56 Å². The van der Waals surface area contributed by atoms with Gasteiger partial charge in [-0.2, -0.15) is 4.68 Å². The van der Waals surface area contributed by atoms with E-state index in [1.807, 2.05) is 27.0 Å². The molecular weight excluding hydrogens is 212 g/mol. The summed E-state index contributed by atoms with van der Waals surface area (Å²) in [5, 5.41) is 4.75. The molecule has 0 unspecified atom stereocenters. The number of thioether (sulfide) groups is 1. The average molecular weight is 229 g/mol. The second-order valence-electron chi connectivity index (χ2n) is 4.38. The van der Waals surface area contributed by atoms with Gasteiger partial charge in [-0.15, -0.1) is 0 Å². The van der Waals surface area contributed by atoms with Gasteiger partial charge in [0.15, 0.2) is 7.05 Å². The Kier molecular flexibility index (Phi) is 3.08. The Balaban J connectivity index is 3.58. The number of nitrogens with two attached hydrogens (primary N) is 1. The Labute approximate surface area is 93.3 Å². The van der Waals surface area contributed by atoms with E-state index in [1.165, 1.54) is 11.8 Å². The zero-order valence-electron chi connectivity index (χ0n) is 9.74. The van der Waals surface area contributed by atoms with Gasteiger partial charge in [0.25, 0.3) is 10.9 Å². The lowest BCUT2D eigenvalue weighted by Crippen LogP contribution is -2.53. The number of hydrogen-bond acceptors (Lipinski definition) is 4. The molecule has 0 aliphatic heterocycles. The van der Waals surface area contributed by atoms with Crippen LogP contribution >= 0.6 is 11.8 Å². The number of aryl methyl sites for hydroxylation is 1. The Bertz CT molecular complexity index is 433. The predicted octanol–water partition coefficient (Wildman–Crippen LogP) is -0.199. The maximum atomic E-state index is 12.0. The average Bonchev–Trinajstić information content (AvgIpc) is 2.09. The summed E-state index contributed by atoms with van der Waals surface area (Å²) in [6, 6.07) is 0. The van der Waals surface area contributed by atoms with Crippen molar-refractivity contribution in [3.63, 3.8) is 0 Å². The van der Waals surface area contributed by atoms with E-state index >= 15 is 0 Å². The van der Waals surface area contributed by atoms with Crippen molar-refractivity contribution in [1.29, 1.82) is 0 Å². The molecular formula is C9H17N4OS+. The van der Waals surface area contributed by atoms with Gasteiger partial charge in [-0.25, -0.2) is 0 Å². The van der Waals surface area contributed by atoms with Gasteiger partial charge in [0.2, 0.25) is 0 Å². The van der Waals surface area contributed by atoms with Crippen LogP contribution in [0.2, 0.25) is 0 Å². The molecule has 2 N–H and O–H groups in total. The number of hydrogen-bond donors (Lipinski definition) is 1. The van der Waals surface area contributed by atoms with Crippen LogP contribution in [0.15, 0.2) is 9.95 Å². The zero-order chi connectivity index (χ0) is 11.8. The molecule has 0 aliphatic carbocycles. The lowest BCUT2D eigenvalue weighted by atomic mass is 9.92.